The molecule has 18 heavy (non-hydrogen) atoms. The number of hydrogen-bond donors (Lipinski definition) is 0. The van der Waals surface area contributed by atoms with E-state index in [2.05, 4.69) is 4.74 Å². The van der Waals surface area contributed by atoms with E-state index in [0.29, 0.717) is 5.56 Å². The van der Waals surface area contributed by atoms with Crippen molar-refractivity contribution in [2.45, 2.75) is 18.1 Å². The number of amides is 1. The van der Waals surface area contributed by atoms with Crippen LogP contribution < -0.4 is 0 Å². The number of hydrogen-bond acceptors (Lipinski definition) is 2. The third-order valence-corrected chi connectivity index (χ3v) is 3.30. The van der Waals surface area contributed by atoms with Crippen molar-refractivity contribution in [2.24, 2.45) is 0 Å². The number of nitrogens with zero attached hydrogens (tertiary/aromatic N) is 1. The first-order valence-electron chi connectivity index (χ1n) is 5.10. The molecule has 1 amide bonds. The maximum absolute atomic E-state index is 13.2. The normalized spacial score (nSPS) is 24.2. The van der Waals surface area contributed by atoms with E-state index < -0.39 is 30.8 Å². The summed E-state index contributed by atoms with van der Waals surface area (Å²) < 4.78 is 44.0. The van der Waals surface area contributed by atoms with Gasteiger partial charge < -0.3 is 4.74 Å². The van der Waals surface area contributed by atoms with Gasteiger partial charge in [-0.2, -0.15) is 13.2 Å². The molecule has 1 saturated heterocycles. The molecule has 0 spiro atoms. The molecule has 1 heterocycles. The zero-order chi connectivity index (χ0) is 13.4. The maximum Gasteiger partial charge on any atom is 0.425 e. The van der Waals surface area contributed by atoms with Gasteiger partial charge in [-0.1, -0.05) is 30.3 Å². The number of ether oxygens (including phenoxy) is 1. The largest absolute Gasteiger partial charge is 0.446 e. The highest BCUT2D eigenvalue weighted by atomic mass is 35.5. The molecule has 1 aromatic rings. The zero-order valence-electron chi connectivity index (χ0n) is 9.08. The molecule has 1 unspecified atom stereocenters. The Morgan fingerprint density at radius 3 is 2.39 bits per heavy atom. The lowest BCUT2D eigenvalue weighted by atomic mass is 9.91. The van der Waals surface area contributed by atoms with Crippen LogP contribution in [0.4, 0.5) is 18.0 Å². The molecule has 0 N–H and O–H groups in total. The molecule has 98 valence electrons. The van der Waals surface area contributed by atoms with Crippen LogP contribution in [-0.2, 0) is 11.2 Å². The van der Waals surface area contributed by atoms with Gasteiger partial charge >= 0.3 is 12.3 Å². The van der Waals surface area contributed by atoms with Gasteiger partial charge in [-0.15, -0.1) is 0 Å². The smallest absolute Gasteiger partial charge is 0.425 e. The minimum Gasteiger partial charge on any atom is -0.446 e. The summed E-state index contributed by atoms with van der Waals surface area (Å²) >= 11 is 5.46. The molecule has 0 bridgehead atoms. The van der Waals surface area contributed by atoms with Gasteiger partial charge in [0.1, 0.15) is 6.61 Å². The van der Waals surface area contributed by atoms with E-state index in [1.165, 1.54) is 0 Å². The number of rotatable bonds is 2. The molecule has 1 atom stereocenters. The van der Waals surface area contributed by atoms with Crippen LogP contribution in [0.3, 0.4) is 0 Å². The lowest BCUT2D eigenvalue weighted by molar-refractivity contribution is -0.206. The van der Waals surface area contributed by atoms with Crippen molar-refractivity contribution in [3.8, 4) is 0 Å². The molecule has 1 aliphatic rings. The summed E-state index contributed by atoms with van der Waals surface area (Å²) in [4.78, 5) is 11.1. The average molecular weight is 280 g/mol. The first-order valence-corrected chi connectivity index (χ1v) is 5.44. The third-order valence-electron chi connectivity index (χ3n) is 2.84. The lowest BCUT2D eigenvalue weighted by Crippen LogP contribution is -2.56. The van der Waals surface area contributed by atoms with Crippen LogP contribution in [0, 0.1) is 0 Å². The number of carbonyl (C=O) groups excluding carboxylic acids is 1. The monoisotopic (exact) mass is 279 g/mol. The minimum atomic E-state index is -4.67. The van der Waals surface area contributed by atoms with Crippen molar-refractivity contribution in [1.29, 1.82) is 0 Å². The van der Waals surface area contributed by atoms with Gasteiger partial charge in [0.15, 0.2) is 5.54 Å². The van der Waals surface area contributed by atoms with Crippen LogP contribution in [0.2, 0.25) is 0 Å². The molecule has 1 aromatic carbocycles. The second kappa shape index (κ2) is 4.35. The van der Waals surface area contributed by atoms with Gasteiger partial charge in [0, 0.05) is 18.2 Å². The van der Waals surface area contributed by atoms with Gasteiger partial charge in [0.2, 0.25) is 0 Å². The van der Waals surface area contributed by atoms with E-state index in [9.17, 15) is 18.0 Å². The van der Waals surface area contributed by atoms with E-state index >= 15 is 0 Å². The lowest BCUT2D eigenvalue weighted by Gasteiger charge is -2.32. The maximum atomic E-state index is 13.2. The Balaban J connectivity index is 2.36. The van der Waals surface area contributed by atoms with E-state index in [1.807, 2.05) is 0 Å². The second-order valence-corrected chi connectivity index (χ2v) is 4.37. The Labute approximate surface area is 106 Å². The molecule has 3 nitrogen and oxygen atoms in total. The Kier molecular flexibility index (Phi) is 3.14. The van der Waals surface area contributed by atoms with Crippen LogP contribution in [0.25, 0.3) is 0 Å². The fourth-order valence-corrected chi connectivity index (χ4v) is 2.07. The SMILES string of the molecule is O=C1OCC(Cc2ccccc2)(C(F)(F)F)N1Cl. The first kappa shape index (κ1) is 13.0. The Bertz CT molecular complexity index is 451. The van der Waals surface area contributed by atoms with Crippen LogP contribution in [0.5, 0.6) is 0 Å². The fraction of sp³-hybridized carbons (Fsp3) is 0.364. The topological polar surface area (TPSA) is 29.5 Å². The molecule has 0 radical (unpaired) electrons. The van der Waals surface area contributed by atoms with Crippen molar-refractivity contribution >= 4 is 17.9 Å². The average Bonchev–Trinajstić information content (AvgIpc) is 2.59. The first-order chi connectivity index (χ1) is 8.37. The van der Waals surface area contributed by atoms with Gasteiger partial charge in [-0.05, 0) is 5.56 Å². The molecule has 0 aliphatic carbocycles. The predicted molar refractivity (Wildman–Crippen MR) is 58.0 cm³/mol. The molecular weight excluding hydrogens is 271 g/mol. The Hall–Kier alpha value is -1.43. The molecule has 0 saturated carbocycles. The zero-order valence-corrected chi connectivity index (χ0v) is 9.83. The molecule has 2 rings (SSSR count). The van der Waals surface area contributed by atoms with Gasteiger partial charge in [0.05, 0.1) is 0 Å². The highest BCUT2D eigenvalue weighted by molar-refractivity contribution is 6.21. The Morgan fingerprint density at radius 2 is 1.94 bits per heavy atom. The summed E-state index contributed by atoms with van der Waals surface area (Å²) in [6.07, 6.45) is -6.28. The summed E-state index contributed by atoms with van der Waals surface area (Å²) in [5.74, 6) is 0. The van der Waals surface area contributed by atoms with E-state index in [1.54, 1.807) is 30.3 Å². The van der Waals surface area contributed by atoms with Crippen molar-refractivity contribution in [3.63, 3.8) is 0 Å². The highest BCUT2D eigenvalue weighted by Crippen LogP contribution is 2.43. The van der Waals surface area contributed by atoms with Crippen LogP contribution >= 0.6 is 11.8 Å². The highest BCUT2D eigenvalue weighted by Gasteiger charge is 2.64. The number of carbonyl (C=O) groups is 1. The summed E-state index contributed by atoms with van der Waals surface area (Å²) in [5, 5.41) is 0. The van der Waals surface area contributed by atoms with E-state index in [0.717, 1.165) is 0 Å². The van der Waals surface area contributed by atoms with Crippen LogP contribution in [0.1, 0.15) is 5.56 Å². The molecule has 0 aromatic heterocycles. The van der Waals surface area contributed by atoms with E-state index in [4.69, 9.17) is 11.8 Å². The third kappa shape index (κ3) is 2.01. The van der Waals surface area contributed by atoms with Crippen molar-refractivity contribution in [3.05, 3.63) is 35.9 Å². The van der Waals surface area contributed by atoms with Gasteiger partial charge in [-0.3, -0.25) is 0 Å². The molecule has 1 aliphatic heterocycles. The number of alkyl halides is 3. The summed E-state index contributed by atoms with van der Waals surface area (Å²) in [6.45, 7) is -0.798. The minimum absolute atomic E-state index is 0.111. The Morgan fingerprint density at radius 1 is 1.33 bits per heavy atom. The van der Waals surface area contributed by atoms with Crippen molar-refractivity contribution in [1.82, 2.24) is 4.42 Å². The number of halogens is 4. The summed E-state index contributed by atoms with van der Waals surface area (Å²) in [5.41, 5.74) is -2.08. The van der Waals surface area contributed by atoms with E-state index in [-0.39, 0.29) is 4.42 Å². The standard InChI is InChI=1S/C11H9ClF3NO2/c12-16-9(17)18-7-10(16,11(13,14)15)6-8-4-2-1-3-5-8/h1-5H,6-7H2. The molecule has 1 fully saturated rings. The van der Waals surface area contributed by atoms with Gasteiger partial charge in [-0.25, -0.2) is 9.21 Å². The van der Waals surface area contributed by atoms with Gasteiger partial charge in [0.25, 0.3) is 0 Å². The molecule has 7 heteroatoms. The predicted octanol–water partition coefficient (Wildman–Crippen LogP) is 3.14. The van der Waals surface area contributed by atoms with Crippen molar-refractivity contribution in [2.75, 3.05) is 6.61 Å². The van der Waals surface area contributed by atoms with Crippen LogP contribution in [-0.4, -0.2) is 28.8 Å². The van der Waals surface area contributed by atoms with Crippen LogP contribution in [0.15, 0.2) is 30.3 Å². The second-order valence-electron chi connectivity index (χ2n) is 4.03. The number of benzene rings is 1. The summed E-state index contributed by atoms with van der Waals surface area (Å²) in [7, 11) is 0. The fourth-order valence-electron chi connectivity index (χ4n) is 1.82. The quantitative estimate of drug-likeness (QED) is 0.779. The number of cyclic esters (lactones) is 1. The molecular formula is C11H9ClF3NO2. The summed E-state index contributed by atoms with van der Waals surface area (Å²) in [6, 6.07) is 8.02. The van der Waals surface area contributed by atoms with Crippen molar-refractivity contribution < 1.29 is 22.7 Å².